The van der Waals surface area contributed by atoms with E-state index in [-0.39, 0.29) is 13.2 Å². The molecule has 0 heterocycles. The van der Waals surface area contributed by atoms with Crippen molar-refractivity contribution in [2.24, 2.45) is 0 Å². The van der Waals surface area contributed by atoms with Gasteiger partial charge in [0.15, 0.2) is 0 Å². The van der Waals surface area contributed by atoms with Gasteiger partial charge in [0.05, 0.1) is 13.2 Å². The van der Waals surface area contributed by atoms with Crippen LogP contribution in [0.3, 0.4) is 0 Å². The summed E-state index contributed by atoms with van der Waals surface area (Å²) in [4.78, 5) is 10.0. The molecule has 0 spiro atoms. The van der Waals surface area contributed by atoms with Gasteiger partial charge in [-0.1, -0.05) is 17.2 Å². The smallest absolute Gasteiger partial charge is 0.142 e. The van der Waals surface area contributed by atoms with Crippen molar-refractivity contribution in [2.45, 2.75) is 33.6 Å². The number of rotatable bonds is 5. The fourth-order valence-electron chi connectivity index (χ4n) is 0.788. The SMILES string of the molecule is CC(C)=CCC/C(C)=C/C=O.OCCO. The van der Waals surface area contributed by atoms with Crippen molar-refractivity contribution in [3.05, 3.63) is 23.3 Å². The Hall–Kier alpha value is -0.930. The molecule has 88 valence electrons. The van der Waals surface area contributed by atoms with Gasteiger partial charge in [-0.3, -0.25) is 4.79 Å². The maximum absolute atomic E-state index is 10.0. The molecule has 0 aliphatic rings. The lowest BCUT2D eigenvalue weighted by atomic mass is 10.1. The lowest BCUT2D eigenvalue weighted by Crippen LogP contribution is -1.85. The van der Waals surface area contributed by atoms with Crippen molar-refractivity contribution in [3.63, 3.8) is 0 Å². The number of carbonyl (C=O) groups is 1. The molecule has 0 saturated carbocycles. The van der Waals surface area contributed by atoms with Crippen molar-refractivity contribution in [2.75, 3.05) is 13.2 Å². The zero-order chi connectivity index (χ0) is 12.1. The van der Waals surface area contributed by atoms with Gasteiger partial charge >= 0.3 is 0 Å². The van der Waals surface area contributed by atoms with E-state index < -0.39 is 0 Å². The summed E-state index contributed by atoms with van der Waals surface area (Å²) in [6, 6.07) is 0. The second-order valence-electron chi connectivity index (χ2n) is 3.42. The molecule has 0 aromatic rings. The maximum atomic E-state index is 10.0. The van der Waals surface area contributed by atoms with Crippen LogP contribution in [0, 0.1) is 0 Å². The standard InChI is InChI=1S/C10H16O.C2H6O2/c1-9(2)5-4-6-10(3)7-8-11;3-1-2-4/h5,7-8H,4,6H2,1-3H3;3-4H,1-2H2/b10-7+;. The minimum atomic E-state index is -0.125. The fraction of sp³-hybridized carbons (Fsp3) is 0.583. The zero-order valence-electron chi connectivity index (χ0n) is 9.86. The summed E-state index contributed by atoms with van der Waals surface area (Å²) in [5.74, 6) is 0. The average Bonchev–Trinajstić information content (AvgIpc) is 2.18. The van der Waals surface area contributed by atoms with Crippen LogP contribution in [0.2, 0.25) is 0 Å². The van der Waals surface area contributed by atoms with Crippen LogP contribution in [0.25, 0.3) is 0 Å². The van der Waals surface area contributed by atoms with Crippen LogP contribution in [0.15, 0.2) is 23.3 Å². The van der Waals surface area contributed by atoms with Gasteiger partial charge in [0.2, 0.25) is 0 Å². The van der Waals surface area contributed by atoms with Gasteiger partial charge in [-0.25, -0.2) is 0 Å². The van der Waals surface area contributed by atoms with E-state index >= 15 is 0 Å². The van der Waals surface area contributed by atoms with Gasteiger partial charge in [-0.2, -0.15) is 0 Å². The van der Waals surface area contributed by atoms with Crippen molar-refractivity contribution in [1.82, 2.24) is 0 Å². The first-order valence-corrected chi connectivity index (χ1v) is 5.04. The van der Waals surface area contributed by atoms with Crippen LogP contribution < -0.4 is 0 Å². The normalized spacial score (nSPS) is 10.1. The Kier molecular flexibility index (Phi) is 14.4. The largest absolute Gasteiger partial charge is 0.394 e. The van der Waals surface area contributed by atoms with E-state index in [1.54, 1.807) is 6.08 Å². The first kappa shape index (κ1) is 16.5. The highest BCUT2D eigenvalue weighted by molar-refractivity contribution is 5.65. The van der Waals surface area contributed by atoms with Gasteiger partial charge in [0.25, 0.3) is 0 Å². The molecule has 2 N–H and O–H groups in total. The highest BCUT2D eigenvalue weighted by Crippen LogP contribution is 2.05. The number of aliphatic hydroxyl groups is 2. The van der Waals surface area contributed by atoms with Gasteiger partial charge in [-0.15, -0.1) is 0 Å². The molecular formula is C12H22O3. The molecule has 0 atom stereocenters. The molecule has 0 amide bonds. The molecule has 0 aromatic heterocycles. The van der Waals surface area contributed by atoms with Crippen LogP contribution in [-0.2, 0) is 4.79 Å². The quantitative estimate of drug-likeness (QED) is 0.417. The summed E-state index contributed by atoms with van der Waals surface area (Å²) in [7, 11) is 0. The Morgan fingerprint density at radius 3 is 2.00 bits per heavy atom. The van der Waals surface area contributed by atoms with E-state index in [9.17, 15) is 4.79 Å². The zero-order valence-corrected chi connectivity index (χ0v) is 9.86. The number of carbonyl (C=O) groups excluding carboxylic acids is 1. The molecule has 0 unspecified atom stereocenters. The number of allylic oxidation sites excluding steroid dienone is 4. The minimum Gasteiger partial charge on any atom is -0.394 e. The lowest BCUT2D eigenvalue weighted by Gasteiger charge is -1.94. The maximum Gasteiger partial charge on any atom is 0.142 e. The summed E-state index contributed by atoms with van der Waals surface area (Å²) in [6.45, 7) is 5.89. The van der Waals surface area contributed by atoms with E-state index in [1.807, 2.05) is 6.92 Å². The van der Waals surface area contributed by atoms with Crippen LogP contribution >= 0.6 is 0 Å². The molecule has 0 bridgehead atoms. The van der Waals surface area contributed by atoms with E-state index in [4.69, 9.17) is 10.2 Å². The predicted molar refractivity (Wildman–Crippen MR) is 62.7 cm³/mol. The molecule has 0 rings (SSSR count). The highest BCUT2D eigenvalue weighted by atomic mass is 16.3. The summed E-state index contributed by atoms with van der Waals surface area (Å²) in [5, 5.41) is 15.2. The first-order valence-electron chi connectivity index (χ1n) is 5.04. The van der Waals surface area contributed by atoms with Crippen molar-refractivity contribution >= 4 is 6.29 Å². The highest BCUT2D eigenvalue weighted by Gasteiger charge is 1.86. The molecule has 0 fully saturated rings. The second kappa shape index (κ2) is 13.1. The molecular weight excluding hydrogens is 192 g/mol. The van der Waals surface area contributed by atoms with Gasteiger partial charge in [0, 0.05) is 0 Å². The van der Waals surface area contributed by atoms with E-state index in [0.717, 1.165) is 24.7 Å². The van der Waals surface area contributed by atoms with E-state index in [1.165, 1.54) is 5.57 Å². The van der Waals surface area contributed by atoms with Crippen LogP contribution in [0.5, 0.6) is 0 Å². The summed E-state index contributed by atoms with van der Waals surface area (Å²) in [6.07, 6.45) is 6.68. The van der Waals surface area contributed by atoms with Crippen molar-refractivity contribution in [1.29, 1.82) is 0 Å². The molecule has 3 nitrogen and oxygen atoms in total. The predicted octanol–water partition coefficient (Wildman–Crippen LogP) is 1.85. The number of aldehydes is 1. The summed E-state index contributed by atoms with van der Waals surface area (Å²) >= 11 is 0. The van der Waals surface area contributed by atoms with E-state index in [0.29, 0.717) is 0 Å². The summed E-state index contributed by atoms with van der Waals surface area (Å²) in [5.41, 5.74) is 2.49. The van der Waals surface area contributed by atoms with Crippen LogP contribution in [0.1, 0.15) is 33.6 Å². The molecule has 0 aliphatic carbocycles. The molecule has 0 aliphatic heterocycles. The monoisotopic (exact) mass is 214 g/mol. The fourth-order valence-corrected chi connectivity index (χ4v) is 0.788. The Labute approximate surface area is 92.1 Å². The third kappa shape index (κ3) is 19.5. The van der Waals surface area contributed by atoms with Gasteiger partial charge in [-0.05, 0) is 39.7 Å². The van der Waals surface area contributed by atoms with Crippen molar-refractivity contribution in [3.8, 4) is 0 Å². The molecule has 0 aromatic carbocycles. The van der Waals surface area contributed by atoms with Gasteiger partial charge < -0.3 is 10.2 Å². The van der Waals surface area contributed by atoms with E-state index in [2.05, 4.69) is 19.9 Å². The molecule has 15 heavy (non-hydrogen) atoms. The number of aliphatic hydroxyl groups excluding tert-OH is 2. The number of hydrogen-bond acceptors (Lipinski definition) is 3. The Morgan fingerprint density at radius 2 is 1.67 bits per heavy atom. The average molecular weight is 214 g/mol. The molecule has 0 radical (unpaired) electrons. The van der Waals surface area contributed by atoms with Gasteiger partial charge in [0.1, 0.15) is 6.29 Å². The van der Waals surface area contributed by atoms with Crippen LogP contribution in [0.4, 0.5) is 0 Å². The van der Waals surface area contributed by atoms with Crippen molar-refractivity contribution < 1.29 is 15.0 Å². The van der Waals surface area contributed by atoms with Crippen LogP contribution in [-0.4, -0.2) is 29.7 Å². The summed E-state index contributed by atoms with van der Waals surface area (Å²) < 4.78 is 0. The first-order chi connectivity index (χ1) is 7.08. The Bertz CT molecular complexity index is 199. The molecule has 0 saturated heterocycles. The lowest BCUT2D eigenvalue weighted by molar-refractivity contribution is -0.104. The molecule has 3 heteroatoms. The number of hydrogen-bond donors (Lipinski definition) is 2. The Balaban J connectivity index is 0. The minimum absolute atomic E-state index is 0.125. The topological polar surface area (TPSA) is 57.5 Å². The third-order valence-corrected chi connectivity index (χ3v) is 1.54. The third-order valence-electron chi connectivity index (χ3n) is 1.54. The second-order valence-corrected chi connectivity index (χ2v) is 3.42. The Morgan fingerprint density at radius 1 is 1.13 bits per heavy atom.